The molecule has 6 nitrogen and oxygen atoms in total. The topological polar surface area (TPSA) is 95.9 Å². The standard InChI is InChI=1S/C81H157NO5/c1-3-5-7-9-11-13-15-17-19-21-23-38-41-45-49-53-57-61-65-69-73-79(84)78(77-83)82-80(85)74-70-66-62-58-54-50-46-42-39-35-33-31-29-27-25-24-26-28-30-32-34-36-40-44-48-52-56-60-64-68-72-76-87-81(86)75-71-67-63-59-55-51-47-43-37-22-20-18-16-14-12-10-8-6-4-2/h18,20,26,28,78-79,83-84H,3-17,19,21-25,27,29-77H2,1-2H3,(H,82,85)/b20-18-,28-26-. The average molecular weight is 1230 g/mol. The summed E-state index contributed by atoms with van der Waals surface area (Å²) < 4.78 is 5.52. The van der Waals surface area contributed by atoms with Gasteiger partial charge >= 0.3 is 5.97 Å². The van der Waals surface area contributed by atoms with Gasteiger partial charge in [0, 0.05) is 12.8 Å². The summed E-state index contributed by atoms with van der Waals surface area (Å²) in [6, 6.07) is -0.541. The van der Waals surface area contributed by atoms with Gasteiger partial charge in [0.25, 0.3) is 0 Å². The summed E-state index contributed by atoms with van der Waals surface area (Å²) in [5, 5.41) is 23.4. The Hall–Kier alpha value is -1.66. The Morgan fingerprint density at radius 2 is 0.540 bits per heavy atom. The third-order valence-corrected chi connectivity index (χ3v) is 19.0. The summed E-state index contributed by atoms with van der Waals surface area (Å²) in [5.74, 6) is -0.00939. The van der Waals surface area contributed by atoms with Crippen LogP contribution in [-0.4, -0.2) is 47.4 Å². The molecular weight excluding hydrogens is 1070 g/mol. The first-order valence-corrected chi connectivity index (χ1v) is 40.1. The number of nitrogens with one attached hydrogen (secondary N) is 1. The van der Waals surface area contributed by atoms with Crippen LogP contribution in [0, 0.1) is 0 Å². The number of unbranched alkanes of at least 4 members (excludes halogenated alkanes) is 61. The molecule has 0 saturated heterocycles. The molecular formula is C81H157NO5. The Kier molecular flexibility index (Phi) is 75.3. The summed E-state index contributed by atoms with van der Waals surface area (Å²) in [6.45, 7) is 5.00. The van der Waals surface area contributed by atoms with Crippen LogP contribution in [0.15, 0.2) is 24.3 Å². The van der Waals surface area contributed by atoms with Gasteiger partial charge in [-0.15, -0.1) is 0 Å². The van der Waals surface area contributed by atoms with Crippen molar-refractivity contribution in [2.24, 2.45) is 0 Å². The van der Waals surface area contributed by atoms with Gasteiger partial charge in [0.1, 0.15) is 0 Å². The molecule has 3 N–H and O–H groups in total. The average Bonchev–Trinajstić information content (AvgIpc) is 3.53. The van der Waals surface area contributed by atoms with Crippen LogP contribution in [0.5, 0.6) is 0 Å². The number of hydrogen-bond donors (Lipinski definition) is 3. The molecule has 1 amide bonds. The number of hydrogen-bond acceptors (Lipinski definition) is 5. The fourth-order valence-electron chi connectivity index (χ4n) is 12.9. The predicted octanol–water partition coefficient (Wildman–Crippen LogP) is 26.4. The minimum absolute atomic E-state index is 0.0184. The molecule has 0 aliphatic heterocycles. The normalized spacial score (nSPS) is 12.6. The highest BCUT2D eigenvalue weighted by atomic mass is 16.5. The quantitative estimate of drug-likeness (QED) is 0.0320. The lowest BCUT2D eigenvalue weighted by molar-refractivity contribution is -0.143. The number of esters is 1. The van der Waals surface area contributed by atoms with Crippen molar-refractivity contribution >= 4 is 11.9 Å². The summed E-state index contributed by atoms with van der Waals surface area (Å²) >= 11 is 0. The van der Waals surface area contributed by atoms with E-state index in [0.717, 1.165) is 38.5 Å². The second-order valence-corrected chi connectivity index (χ2v) is 27.7. The molecule has 2 atom stereocenters. The molecule has 87 heavy (non-hydrogen) atoms. The van der Waals surface area contributed by atoms with Crippen molar-refractivity contribution in [1.82, 2.24) is 5.32 Å². The summed E-state index contributed by atoms with van der Waals surface area (Å²) in [7, 11) is 0. The maximum atomic E-state index is 12.6. The van der Waals surface area contributed by atoms with Crippen LogP contribution in [0.1, 0.15) is 457 Å². The molecule has 516 valence electrons. The van der Waals surface area contributed by atoms with Gasteiger partial charge in [-0.1, -0.05) is 391 Å². The van der Waals surface area contributed by atoms with Gasteiger partial charge in [0.15, 0.2) is 0 Å². The minimum atomic E-state index is -0.664. The molecule has 0 aromatic rings. The highest BCUT2D eigenvalue weighted by Gasteiger charge is 2.20. The summed E-state index contributed by atoms with van der Waals surface area (Å²) in [4.78, 5) is 24.7. The molecule has 0 aliphatic rings. The monoisotopic (exact) mass is 1220 g/mol. The van der Waals surface area contributed by atoms with Gasteiger partial charge in [-0.3, -0.25) is 9.59 Å². The van der Waals surface area contributed by atoms with E-state index in [2.05, 4.69) is 43.5 Å². The molecule has 0 aromatic carbocycles. The Balaban J connectivity index is 3.35. The van der Waals surface area contributed by atoms with Crippen LogP contribution in [-0.2, 0) is 14.3 Å². The van der Waals surface area contributed by atoms with Gasteiger partial charge in [0.05, 0.1) is 25.4 Å². The van der Waals surface area contributed by atoms with Gasteiger partial charge in [-0.05, 0) is 77.0 Å². The number of rotatable bonds is 76. The first kappa shape index (κ1) is 85.3. The molecule has 0 aliphatic carbocycles. The highest BCUT2D eigenvalue weighted by molar-refractivity contribution is 5.76. The van der Waals surface area contributed by atoms with Crippen molar-refractivity contribution in [3.63, 3.8) is 0 Å². The number of allylic oxidation sites excluding steroid dienone is 4. The van der Waals surface area contributed by atoms with E-state index in [1.165, 1.54) is 385 Å². The van der Waals surface area contributed by atoms with E-state index in [1.807, 2.05) is 0 Å². The maximum Gasteiger partial charge on any atom is 0.305 e. The van der Waals surface area contributed by atoms with E-state index in [4.69, 9.17) is 4.74 Å². The molecule has 6 heteroatoms. The number of carbonyl (C=O) groups is 2. The first-order chi connectivity index (χ1) is 43.0. The zero-order valence-electron chi connectivity index (χ0n) is 59.3. The molecule has 0 radical (unpaired) electrons. The van der Waals surface area contributed by atoms with E-state index in [9.17, 15) is 19.8 Å². The van der Waals surface area contributed by atoms with Gasteiger partial charge in [-0.25, -0.2) is 0 Å². The minimum Gasteiger partial charge on any atom is -0.466 e. The van der Waals surface area contributed by atoms with E-state index in [1.54, 1.807) is 0 Å². The van der Waals surface area contributed by atoms with Crippen LogP contribution in [0.25, 0.3) is 0 Å². The highest BCUT2D eigenvalue weighted by Crippen LogP contribution is 2.20. The molecule has 0 rings (SSSR count). The number of aliphatic hydroxyl groups is 2. The number of ether oxygens (including phenoxy) is 1. The zero-order chi connectivity index (χ0) is 62.8. The van der Waals surface area contributed by atoms with Gasteiger partial charge < -0.3 is 20.3 Å². The van der Waals surface area contributed by atoms with Crippen molar-refractivity contribution in [3.05, 3.63) is 24.3 Å². The Bertz CT molecular complexity index is 1360. The molecule has 0 heterocycles. The lowest BCUT2D eigenvalue weighted by Crippen LogP contribution is -2.45. The molecule has 2 unspecified atom stereocenters. The molecule has 0 saturated carbocycles. The van der Waals surface area contributed by atoms with Crippen LogP contribution in [0.2, 0.25) is 0 Å². The van der Waals surface area contributed by atoms with E-state index < -0.39 is 12.1 Å². The van der Waals surface area contributed by atoms with Crippen molar-refractivity contribution in [3.8, 4) is 0 Å². The lowest BCUT2D eigenvalue weighted by atomic mass is 10.0. The van der Waals surface area contributed by atoms with Crippen LogP contribution >= 0.6 is 0 Å². The number of amides is 1. The SMILES string of the molecule is CCCCCCCC/C=C\CCCCCCCCCCCC(=O)OCCCCCCCCCCCCCC/C=C\CCCCCCCCCCCCCCCCCC(=O)NC(CO)C(O)CCCCCCCCCCCCCCCCCCCCCC. The molecule has 0 bridgehead atoms. The number of carbonyl (C=O) groups excluding carboxylic acids is 2. The van der Waals surface area contributed by atoms with Gasteiger partial charge in [-0.2, -0.15) is 0 Å². The van der Waals surface area contributed by atoms with E-state index in [0.29, 0.717) is 25.9 Å². The van der Waals surface area contributed by atoms with E-state index in [-0.39, 0.29) is 18.5 Å². The van der Waals surface area contributed by atoms with Crippen LogP contribution in [0.3, 0.4) is 0 Å². The zero-order valence-corrected chi connectivity index (χ0v) is 59.3. The van der Waals surface area contributed by atoms with Crippen molar-refractivity contribution in [2.75, 3.05) is 13.2 Å². The smallest absolute Gasteiger partial charge is 0.305 e. The second-order valence-electron chi connectivity index (χ2n) is 27.7. The second kappa shape index (κ2) is 76.8. The summed E-state index contributed by atoms with van der Waals surface area (Å²) in [6.07, 6.45) is 98.4. The first-order valence-electron chi connectivity index (χ1n) is 40.1. The number of aliphatic hydroxyl groups excluding tert-OH is 2. The van der Waals surface area contributed by atoms with Crippen molar-refractivity contribution < 1.29 is 24.5 Å². The van der Waals surface area contributed by atoms with Crippen molar-refractivity contribution in [1.29, 1.82) is 0 Å². The Labute approximate surface area is 545 Å². The fourth-order valence-corrected chi connectivity index (χ4v) is 12.9. The molecule has 0 aromatic heterocycles. The Morgan fingerprint density at radius 1 is 0.310 bits per heavy atom. The molecule has 0 fully saturated rings. The largest absolute Gasteiger partial charge is 0.466 e. The Morgan fingerprint density at radius 3 is 0.816 bits per heavy atom. The van der Waals surface area contributed by atoms with Crippen LogP contribution in [0.4, 0.5) is 0 Å². The third kappa shape index (κ3) is 73.3. The summed E-state index contributed by atoms with van der Waals surface area (Å²) in [5.41, 5.74) is 0. The third-order valence-electron chi connectivity index (χ3n) is 19.0. The molecule has 0 spiro atoms. The predicted molar refractivity (Wildman–Crippen MR) is 384 cm³/mol. The van der Waals surface area contributed by atoms with Gasteiger partial charge in [0.2, 0.25) is 5.91 Å². The van der Waals surface area contributed by atoms with Crippen LogP contribution < -0.4 is 5.32 Å². The fraction of sp³-hybridized carbons (Fsp3) is 0.926. The lowest BCUT2D eigenvalue weighted by Gasteiger charge is -2.22. The van der Waals surface area contributed by atoms with E-state index >= 15 is 0 Å². The maximum absolute atomic E-state index is 12.6. The van der Waals surface area contributed by atoms with Crippen molar-refractivity contribution in [2.45, 2.75) is 469 Å².